The first-order chi connectivity index (χ1) is 10.9. The van der Waals surface area contributed by atoms with Crippen LogP contribution in [0, 0.1) is 5.82 Å². The van der Waals surface area contributed by atoms with Crippen molar-refractivity contribution < 1.29 is 18.7 Å². The Morgan fingerprint density at radius 2 is 2.04 bits per heavy atom. The topological polar surface area (TPSA) is 70.4 Å². The van der Waals surface area contributed by atoms with Crippen LogP contribution in [0.3, 0.4) is 0 Å². The van der Waals surface area contributed by atoms with Gasteiger partial charge in [0, 0.05) is 17.7 Å². The highest BCUT2D eigenvalue weighted by atomic mass is 19.1. The van der Waals surface area contributed by atoms with Gasteiger partial charge in [-0.2, -0.15) is 5.10 Å². The highest BCUT2D eigenvalue weighted by Crippen LogP contribution is 2.23. The zero-order chi connectivity index (χ0) is 17.0. The summed E-state index contributed by atoms with van der Waals surface area (Å²) in [5.74, 6) is -0.742. The normalized spacial score (nSPS) is 10.7. The smallest absolute Gasteiger partial charge is 0.328 e. The SMILES string of the molecule is COc1ccc(-c2ccc(=O)n(CC(=O)OC(C)C)n2)c(F)c1. The predicted octanol–water partition coefficient (Wildman–Crippen LogP) is 2.01. The van der Waals surface area contributed by atoms with Crippen LogP contribution in [0.15, 0.2) is 35.1 Å². The number of hydrogen-bond acceptors (Lipinski definition) is 5. The Kier molecular flexibility index (Phi) is 5.10. The number of carbonyl (C=O) groups excluding carboxylic acids is 1. The van der Waals surface area contributed by atoms with E-state index in [1.165, 1.54) is 31.4 Å². The third-order valence-corrected chi connectivity index (χ3v) is 2.96. The zero-order valence-corrected chi connectivity index (χ0v) is 13.1. The monoisotopic (exact) mass is 320 g/mol. The summed E-state index contributed by atoms with van der Waals surface area (Å²) in [6, 6.07) is 6.94. The Labute approximate surface area is 132 Å². The number of aromatic nitrogens is 2. The highest BCUT2D eigenvalue weighted by molar-refractivity contribution is 5.69. The molecule has 1 heterocycles. The second-order valence-corrected chi connectivity index (χ2v) is 5.10. The molecule has 0 unspecified atom stereocenters. The first-order valence-electron chi connectivity index (χ1n) is 7.02. The van der Waals surface area contributed by atoms with Crippen molar-refractivity contribution in [1.29, 1.82) is 0 Å². The highest BCUT2D eigenvalue weighted by Gasteiger charge is 2.13. The first kappa shape index (κ1) is 16.7. The molecular formula is C16H17FN2O4. The number of halogens is 1. The van der Waals surface area contributed by atoms with Gasteiger partial charge in [-0.05, 0) is 32.0 Å². The largest absolute Gasteiger partial charge is 0.497 e. The average molecular weight is 320 g/mol. The van der Waals surface area contributed by atoms with Gasteiger partial charge in [-0.3, -0.25) is 9.59 Å². The molecule has 0 N–H and O–H groups in total. The van der Waals surface area contributed by atoms with Crippen molar-refractivity contribution in [2.24, 2.45) is 0 Å². The number of carbonyl (C=O) groups is 1. The van der Waals surface area contributed by atoms with Crippen molar-refractivity contribution in [2.75, 3.05) is 7.11 Å². The molecule has 0 spiro atoms. The molecule has 0 saturated heterocycles. The van der Waals surface area contributed by atoms with E-state index in [-0.39, 0.29) is 23.9 Å². The average Bonchev–Trinajstić information content (AvgIpc) is 2.48. The molecule has 2 aromatic rings. The fraction of sp³-hybridized carbons (Fsp3) is 0.312. The summed E-state index contributed by atoms with van der Waals surface area (Å²) in [5.41, 5.74) is -0.0257. The van der Waals surface area contributed by atoms with E-state index in [2.05, 4.69) is 5.10 Å². The molecule has 0 radical (unpaired) electrons. The molecule has 6 nitrogen and oxygen atoms in total. The van der Waals surface area contributed by atoms with Crippen LogP contribution in [0.4, 0.5) is 4.39 Å². The number of hydrogen-bond donors (Lipinski definition) is 0. The van der Waals surface area contributed by atoms with Crippen molar-refractivity contribution in [2.45, 2.75) is 26.5 Å². The van der Waals surface area contributed by atoms with E-state index < -0.39 is 17.3 Å². The van der Waals surface area contributed by atoms with Gasteiger partial charge in [-0.1, -0.05) is 0 Å². The molecule has 23 heavy (non-hydrogen) atoms. The van der Waals surface area contributed by atoms with Crippen molar-refractivity contribution in [3.05, 3.63) is 46.5 Å². The molecule has 0 bridgehead atoms. The molecule has 0 saturated carbocycles. The second-order valence-electron chi connectivity index (χ2n) is 5.10. The summed E-state index contributed by atoms with van der Waals surface area (Å²) in [5, 5.41) is 4.03. The van der Waals surface area contributed by atoms with Crippen LogP contribution in [-0.4, -0.2) is 29.0 Å². The second kappa shape index (κ2) is 7.04. The van der Waals surface area contributed by atoms with Gasteiger partial charge in [-0.25, -0.2) is 9.07 Å². The predicted molar refractivity (Wildman–Crippen MR) is 81.7 cm³/mol. The first-order valence-corrected chi connectivity index (χ1v) is 7.02. The van der Waals surface area contributed by atoms with Crippen LogP contribution in [0.25, 0.3) is 11.3 Å². The summed E-state index contributed by atoms with van der Waals surface area (Å²) in [4.78, 5) is 23.4. The van der Waals surface area contributed by atoms with Crippen LogP contribution in [0.1, 0.15) is 13.8 Å². The lowest BCUT2D eigenvalue weighted by atomic mass is 10.1. The Bertz CT molecular complexity index is 771. The molecule has 1 aromatic carbocycles. The summed E-state index contributed by atoms with van der Waals surface area (Å²) in [7, 11) is 1.44. The minimum atomic E-state index is -0.582. The van der Waals surface area contributed by atoms with Crippen LogP contribution in [-0.2, 0) is 16.1 Å². The maximum Gasteiger partial charge on any atom is 0.328 e. The van der Waals surface area contributed by atoms with Crippen molar-refractivity contribution in [3.8, 4) is 17.0 Å². The number of benzene rings is 1. The lowest BCUT2D eigenvalue weighted by Crippen LogP contribution is -2.28. The Morgan fingerprint density at radius 1 is 1.30 bits per heavy atom. The van der Waals surface area contributed by atoms with Crippen LogP contribution in [0.2, 0.25) is 0 Å². The van der Waals surface area contributed by atoms with E-state index in [9.17, 15) is 14.0 Å². The van der Waals surface area contributed by atoms with Gasteiger partial charge in [0.1, 0.15) is 18.1 Å². The van der Waals surface area contributed by atoms with E-state index in [1.54, 1.807) is 19.9 Å². The van der Waals surface area contributed by atoms with Gasteiger partial charge < -0.3 is 9.47 Å². The van der Waals surface area contributed by atoms with Gasteiger partial charge in [0.25, 0.3) is 5.56 Å². The molecule has 0 aliphatic heterocycles. The number of nitrogens with zero attached hydrogens (tertiary/aromatic N) is 2. The zero-order valence-electron chi connectivity index (χ0n) is 13.1. The number of ether oxygens (including phenoxy) is 2. The fourth-order valence-corrected chi connectivity index (χ4v) is 1.96. The van der Waals surface area contributed by atoms with Crippen LogP contribution >= 0.6 is 0 Å². The number of rotatable bonds is 5. The lowest BCUT2D eigenvalue weighted by molar-refractivity contribution is -0.148. The minimum absolute atomic E-state index is 0.205. The van der Waals surface area contributed by atoms with Gasteiger partial charge in [-0.15, -0.1) is 0 Å². The minimum Gasteiger partial charge on any atom is -0.497 e. The van der Waals surface area contributed by atoms with Crippen molar-refractivity contribution in [3.63, 3.8) is 0 Å². The summed E-state index contributed by atoms with van der Waals surface area (Å²) in [6.07, 6.45) is -0.291. The molecule has 7 heteroatoms. The summed E-state index contributed by atoms with van der Waals surface area (Å²) in [6.45, 7) is 3.08. The van der Waals surface area contributed by atoms with E-state index in [0.29, 0.717) is 5.75 Å². The molecule has 122 valence electrons. The molecule has 0 amide bonds. The number of esters is 1. The maximum absolute atomic E-state index is 14.1. The van der Waals surface area contributed by atoms with Gasteiger partial charge in [0.05, 0.1) is 18.9 Å². The van der Waals surface area contributed by atoms with Crippen LogP contribution in [0.5, 0.6) is 5.75 Å². The van der Waals surface area contributed by atoms with E-state index >= 15 is 0 Å². The van der Waals surface area contributed by atoms with Gasteiger partial charge in [0.15, 0.2) is 0 Å². The third-order valence-electron chi connectivity index (χ3n) is 2.96. The van der Waals surface area contributed by atoms with Crippen molar-refractivity contribution in [1.82, 2.24) is 9.78 Å². The molecular weight excluding hydrogens is 303 g/mol. The van der Waals surface area contributed by atoms with Crippen LogP contribution < -0.4 is 10.3 Å². The molecule has 0 fully saturated rings. The van der Waals surface area contributed by atoms with E-state index in [1.807, 2.05) is 0 Å². The molecule has 2 rings (SSSR count). The maximum atomic E-state index is 14.1. The Morgan fingerprint density at radius 3 is 2.65 bits per heavy atom. The number of methoxy groups -OCH3 is 1. The lowest BCUT2D eigenvalue weighted by Gasteiger charge is -2.10. The van der Waals surface area contributed by atoms with Crippen molar-refractivity contribution >= 4 is 5.97 Å². The molecule has 0 aliphatic rings. The molecule has 1 aromatic heterocycles. The fourth-order valence-electron chi connectivity index (χ4n) is 1.96. The third kappa shape index (κ3) is 4.15. The summed E-state index contributed by atoms with van der Waals surface area (Å²) >= 11 is 0. The molecule has 0 atom stereocenters. The summed E-state index contributed by atoms with van der Waals surface area (Å²) < 4.78 is 25.0. The van der Waals surface area contributed by atoms with Gasteiger partial charge in [0.2, 0.25) is 0 Å². The van der Waals surface area contributed by atoms with Gasteiger partial charge >= 0.3 is 5.97 Å². The standard InChI is InChI=1S/C16H17FN2O4/c1-10(2)23-16(21)9-19-15(20)7-6-14(18-19)12-5-4-11(22-3)8-13(12)17/h4-8,10H,9H2,1-3H3. The Balaban J connectivity index is 2.33. The van der Waals surface area contributed by atoms with E-state index in [0.717, 1.165) is 4.68 Å². The quantitative estimate of drug-likeness (QED) is 0.788. The molecule has 0 aliphatic carbocycles. The van der Waals surface area contributed by atoms with E-state index in [4.69, 9.17) is 9.47 Å². The Hall–Kier alpha value is -2.70.